The van der Waals surface area contributed by atoms with Gasteiger partial charge in [0.25, 0.3) is 0 Å². The Morgan fingerprint density at radius 1 is 1.32 bits per heavy atom. The average molecular weight is 261 g/mol. The van der Waals surface area contributed by atoms with Crippen LogP contribution in [0, 0.1) is 0 Å². The molecule has 0 atom stereocenters. The van der Waals surface area contributed by atoms with Gasteiger partial charge in [-0.2, -0.15) is 5.10 Å². The number of nitrogens with zero attached hydrogens (tertiary/aromatic N) is 3. The molecule has 2 aromatic heterocycles. The highest BCUT2D eigenvalue weighted by Crippen LogP contribution is 2.25. The second-order valence-corrected chi connectivity index (χ2v) is 6.05. The number of hydrogen-bond donors (Lipinski definition) is 1. The molecule has 0 unspecified atom stereocenters. The molecule has 0 amide bonds. The van der Waals surface area contributed by atoms with Gasteiger partial charge in [0.05, 0.1) is 11.2 Å². The Morgan fingerprint density at radius 3 is 2.42 bits per heavy atom. The Labute approximate surface area is 112 Å². The molecule has 2 aromatic rings. The number of aromatic carboxylic acids is 1. The summed E-state index contributed by atoms with van der Waals surface area (Å²) in [6.45, 7) is 10.1. The molecule has 0 bridgehead atoms. The molecule has 0 aliphatic carbocycles. The maximum atomic E-state index is 11.3. The standard InChI is InChI=1S/C14H19N3O2/c1-8(2)9-6-7-10-11(12(18)19)15-13(14(3,4)5)17(10)16-9/h6-8H,1-5H3,(H,18,19). The fourth-order valence-electron chi connectivity index (χ4n) is 1.94. The van der Waals surface area contributed by atoms with E-state index in [1.807, 2.05) is 26.8 Å². The lowest BCUT2D eigenvalue weighted by molar-refractivity contribution is 0.0693. The monoisotopic (exact) mass is 261 g/mol. The number of carboxylic acid groups (broad SMARTS) is 1. The third-order valence-electron chi connectivity index (χ3n) is 2.98. The van der Waals surface area contributed by atoms with Gasteiger partial charge >= 0.3 is 5.97 Å². The largest absolute Gasteiger partial charge is 0.476 e. The van der Waals surface area contributed by atoms with Crippen molar-refractivity contribution < 1.29 is 9.90 Å². The highest BCUT2D eigenvalue weighted by molar-refractivity contribution is 5.93. The molecule has 0 fully saturated rings. The SMILES string of the molecule is CC(C)c1ccc2c(C(=O)O)nc(C(C)(C)C)n2n1. The third-order valence-corrected chi connectivity index (χ3v) is 2.98. The summed E-state index contributed by atoms with van der Waals surface area (Å²) in [6.07, 6.45) is 0. The molecular weight excluding hydrogens is 242 g/mol. The van der Waals surface area contributed by atoms with Gasteiger partial charge in [-0.15, -0.1) is 0 Å². The van der Waals surface area contributed by atoms with Gasteiger partial charge in [0.2, 0.25) is 0 Å². The molecule has 0 radical (unpaired) electrons. The molecule has 5 heteroatoms. The molecule has 1 N–H and O–H groups in total. The van der Waals surface area contributed by atoms with E-state index >= 15 is 0 Å². The zero-order valence-electron chi connectivity index (χ0n) is 11.9. The summed E-state index contributed by atoms with van der Waals surface area (Å²) in [6, 6.07) is 3.65. The van der Waals surface area contributed by atoms with Crippen molar-refractivity contribution in [3.8, 4) is 0 Å². The van der Waals surface area contributed by atoms with Crippen LogP contribution in [0.1, 0.15) is 62.5 Å². The van der Waals surface area contributed by atoms with E-state index in [0.29, 0.717) is 11.3 Å². The number of hydrogen-bond acceptors (Lipinski definition) is 3. The first-order chi connectivity index (χ1) is 8.71. The van der Waals surface area contributed by atoms with Crippen molar-refractivity contribution in [3.05, 3.63) is 29.3 Å². The summed E-state index contributed by atoms with van der Waals surface area (Å²) in [5, 5.41) is 13.8. The molecular formula is C14H19N3O2. The van der Waals surface area contributed by atoms with Crippen LogP contribution in [-0.4, -0.2) is 25.7 Å². The van der Waals surface area contributed by atoms with Crippen LogP contribution in [-0.2, 0) is 5.41 Å². The first kappa shape index (κ1) is 13.5. The van der Waals surface area contributed by atoms with Crippen molar-refractivity contribution in [1.82, 2.24) is 14.6 Å². The van der Waals surface area contributed by atoms with Gasteiger partial charge < -0.3 is 5.11 Å². The summed E-state index contributed by atoms with van der Waals surface area (Å²) in [7, 11) is 0. The third kappa shape index (κ3) is 2.32. The van der Waals surface area contributed by atoms with Crippen LogP contribution in [0.3, 0.4) is 0 Å². The number of carbonyl (C=O) groups is 1. The predicted molar refractivity (Wildman–Crippen MR) is 72.7 cm³/mol. The van der Waals surface area contributed by atoms with E-state index in [2.05, 4.69) is 23.9 Å². The fourth-order valence-corrected chi connectivity index (χ4v) is 1.94. The Balaban J connectivity index is 2.80. The Kier molecular flexibility index (Phi) is 3.08. The zero-order chi connectivity index (χ0) is 14.4. The van der Waals surface area contributed by atoms with Crippen molar-refractivity contribution >= 4 is 11.5 Å². The summed E-state index contributed by atoms with van der Waals surface area (Å²) in [5.41, 5.74) is 1.26. The van der Waals surface area contributed by atoms with Crippen LogP contribution >= 0.6 is 0 Å². The van der Waals surface area contributed by atoms with Crippen molar-refractivity contribution in [2.75, 3.05) is 0 Å². The maximum absolute atomic E-state index is 11.3. The topological polar surface area (TPSA) is 67.5 Å². The summed E-state index contributed by atoms with van der Waals surface area (Å²) < 4.78 is 1.67. The van der Waals surface area contributed by atoms with E-state index < -0.39 is 5.97 Å². The second kappa shape index (κ2) is 4.33. The Morgan fingerprint density at radius 2 is 1.95 bits per heavy atom. The van der Waals surface area contributed by atoms with Crippen molar-refractivity contribution in [3.63, 3.8) is 0 Å². The fraction of sp³-hybridized carbons (Fsp3) is 0.500. The first-order valence-corrected chi connectivity index (χ1v) is 6.35. The molecule has 0 aliphatic heterocycles. The molecule has 0 saturated heterocycles. The molecule has 5 nitrogen and oxygen atoms in total. The van der Waals surface area contributed by atoms with Crippen molar-refractivity contribution in [2.24, 2.45) is 0 Å². The number of carboxylic acids is 1. The van der Waals surface area contributed by atoms with Gasteiger partial charge in [-0.1, -0.05) is 34.6 Å². The minimum Gasteiger partial charge on any atom is -0.476 e. The molecule has 2 rings (SSSR count). The molecule has 0 aromatic carbocycles. The van der Waals surface area contributed by atoms with Crippen molar-refractivity contribution in [2.45, 2.75) is 46.0 Å². The Hall–Kier alpha value is -1.91. The summed E-state index contributed by atoms with van der Waals surface area (Å²) in [5.74, 6) is -0.0672. The quantitative estimate of drug-likeness (QED) is 0.902. The van der Waals surface area contributed by atoms with E-state index in [1.165, 1.54) is 0 Å². The first-order valence-electron chi connectivity index (χ1n) is 6.35. The Bertz CT molecular complexity index is 636. The van der Waals surface area contributed by atoms with Crippen LogP contribution in [0.4, 0.5) is 0 Å². The van der Waals surface area contributed by atoms with E-state index in [-0.39, 0.29) is 17.0 Å². The minimum absolute atomic E-state index is 0.0627. The highest BCUT2D eigenvalue weighted by atomic mass is 16.4. The molecule has 0 spiro atoms. The number of rotatable bonds is 2. The summed E-state index contributed by atoms with van der Waals surface area (Å²) >= 11 is 0. The van der Waals surface area contributed by atoms with Gasteiger partial charge in [-0.3, -0.25) is 0 Å². The minimum atomic E-state index is -1.02. The lowest BCUT2D eigenvalue weighted by atomic mass is 9.96. The lowest BCUT2D eigenvalue weighted by Gasteiger charge is -2.16. The molecule has 0 aliphatic rings. The van der Waals surface area contributed by atoms with Crippen LogP contribution in [0.5, 0.6) is 0 Å². The average Bonchev–Trinajstić information content (AvgIpc) is 2.66. The van der Waals surface area contributed by atoms with E-state index in [9.17, 15) is 9.90 Å². The molecule has 0 saturated carbocycles. The smallest absolute Gasteiger partial charge is 0.356 e. The van der Waals surface area contributed by atoms with Crippen LogP contribution in [0.2, 0.25) is 0 Å². The molecule has 2 heterocycles. The zero-order valence-corrected chi connectivity index (χ0v) is 11.9. The number of imidazole rings is 1. The van der Waals surface area contributed by atoms with Gasteiger partial charge in [-0.25, -0.2) is 14.3 Å². The predicted octanol–water partition coefficient (Wildman–Crippen LogP) is 2.85. The van der Waals surface area contributed by atoms with E-state index in [1.54, 1.807) is 10.6 Å². The normalized spacial score (nSPS) is 12.3. The van der Waals surface area contributed by atoms with Gasteiger partial charge in [0.1, 0.15) is 5.82 Å². The van der Waals surface area contributed by atoms with E-state index in [4.69, 9.17) is 0 Å². The summed E-state index contributed by atoms with van der Waals surface area (Å²) in [4.78, 5) is 15.5. The number of aromatic nitrogens is 3. The molecule has 102 valence electrons. The number of fused-ring (bicyclic) bond motifs is 1. The van der Waals surface area contributed by atoms with Crippen molar-refractivity contribution in [1.29, 1.82) is 0 Å². The van der Waals surface area contributed by atoms with Gasteiger partial charge in [0, 0.05) is 5.41 Å². The van der Waals surface area contributed by atoms with Crippen LogP contribution < -0.4 is 0 Å². The lowest BCUT2D eigenvalue weighted by Crippen LogP contribution is -2.17. The van der Waals surface area contributed by atoms with Crippen LogP contribution in [0.25, 0.3) is 5.52 Å². The highest BCUT2D eigenvalue weighted by Gasteiger charge is 2.26. The van der Waals surface area contributed by atoms with Gasteiger partial charge in [0.15, 0.2) is 5.69 Å². The van der Waals surface area contributed by atoms with Gasteiger partial charge in [-0.05, 0) is 18.1 Å². The maximum Gasteiger partial charge on any atom is 0.356 e. The second-order valence-electron chi connectivity index (χ2n) is 6.05. The van der Waals surface area contributed by atoms with E-state index in [0.717, 1.165) is 5.69 Å². The van der Waals surface area contributed by atoms with Crippen LogP contribution in [0.15, 0.2) is 12.1 Å². The molecule has 19 heavy (non-hydrogen) atoms.